The summed E-state index contributed by atoms with van der Waals surface area (Å²) >= 11 is 0. The molecule has 1 aromatic carbocycles. The quantitative estimate of drug-likeness (QED) is 0.494. The Morgan fingerprint density at radius 2 is 1.92 bits per heavy atom. The second-order valence-corrected chi connectivity index (χ2v) is 8.67. The summed E-state index contributed by atoms with van der Waals surface area (Å²) in [6.07, 6.45) is -4.74. The molecule has 8 nitrogen and oxygen atoms in total. The zero-order valence-corrected chi connectivity index (χ0v) is 19.9. The zero-order chi connectivity index (χ0) is 26.2. The van der Waals surface area contributed by atoms with E-state index in [1.54, 1.807) is 25.2 Å². The smallest absolute Gasteiger partial charge is 0.406 e. The lowest BCUT2D eigenvalue weighted by atomic mass is 10.0. The molecule has 0 radical (unpaired) electrons. The standard InChI is InChI=1S/C25H23F3N6O2/c1-15-14-33(11-12-34(15)16(2)17-5-7-18(8-6-17)36-25(26,27)28)23-19(13-29)24(35)32(4)20-9-10-21(30-3)31-22(20)23/h5-10,15-16H,11-12,14H2,1-2,4H3/t15-,16?/m1/s1. The van der Waals surface area contributed by atoms with Crippen LogP contribution >= 0.6 is 0 Å². The highest BCUT2D eigenvalue weighted by Gasteiger charge is 2.33. The Hall–Kier alpha value is -4.09. The number of benzene rings is 1. The minimum Gasteiger partial charge on any atom is -0.406 e. The molecule has 4 rings (SSSR count). The molecule has 186 valence electrons. The third-order valence-electron chi connectivity index (χ3n) is 6.52. The number of pyridine rings is 2. The van der Waals surface area contributed by atoms with E-state index in [1.807, 2.05) is 24.8 Å². The number of nitrogens with zero attached hydrogens (tertiary/aromatic N) is 6. The van der Waals surface area contributed by atoms with Crippen molar-refractivity contribution in [3.63, 3.8) is 0 Å². The summed E-state index contributed by atoms with van der Waals surface area (Å²) in [5, 5.41) is 9.82. The Morgan fingerprint density at radius 1 is 1.22 bits per heavy atom. The highest BCUT2D eigenvalue weighted by Crippen LogP contribution is 2.33. The molecule has 1 unspecified atom stereocenters. The molecular weight excluding hydrogens is 473 g/mol. The van der Waals surface area contributed by atoms with Gasteiger partial charge in [0.1, 0.15) is 23.1 Å². The van der Waals surface area contributed by atoms with Crippen LogP contribution in [0.2, 0.25) is 0 Å². The molecule has 0 bridgehead atoms. The monoisotopic (exact) mass is 496 g/mol. The Kier molecular flexibility index (Phi) is 6.61. The molecule has 1 saturated heterocycles. The van der Waals surface area contributed by atoms with Crippen molar-refractivity contribution in [3.05, 3.63) is 69.3 Å². The van der Waals surface area contributed by atoms with Gasteiger partial charge in [0.05, 0.1) is 5.52 Å². The van der Waals surface area contributed by atoms with Gasteiger partial charge in [-0.15, -0.1) is 18.2 Å². The molecule has 36 heavy (non-hydrogen) atoms. The molecule has 1 aliphatic rings. The molecule has 11 heteroatoms. The normalized spacial score (nSPS) is 17.4. The maximum atomic E-state index is 12.9. The number of halogens is 3. The SMILES string of the molecule is [C-]#[N+]c1ccc2c(n1)c(N1CCN(C(C)c3ccc(OC(F)(F)F)cc3)[C@H](C)C1)c(C#N)c(=O)n2C. The number of hydrogen-bond acceptors (Lipinski definition) is 6. The third kappa shape index (κ3) is 4.70. The maximum Gasteiger partial charge on any atom is 0.573 e. The lowest BCUT2D eigenvalue weighted by molar-refractivity contribution is -0.274. The van der Waals surface area contributed by atoms with Crippen LogP contribution in [0.3, 0.4) is 0 Å². The van der Waals surface area contributed by atoms with Crippen molar-refractivity contribution in [1.29, 1.82) is 5.26 Å². The summed E-state index contributed by atoms with van der Waals surface area (Å²) in [4.78, 5) is 24.9. The van der Waals surface area contributed by atoms with Crippen molar-refractivity contribution in [2.45, 2.75) is 32.3 Å². The van der Waals surface area contributed by atoms with Gasteiger partial charge in [0, 0.05) is 38.8 Å². The molecule has 0 N–H and O–H groups in total. The first-order chi connectivity index (χ1) is 17.0. The molecule has 0 amide bonds. The number of anilines is 1. The largest absolute Gasteiger partial charge is 0.573 e. The molecule has 1 fully saturated rings. The Morgan fingerprint density at radius 3 is 2.50 bits per heavy atom. The Bertz CT molecular complexity index is 1440. The van der Waals surface area contributed by atoms with Crippen LogP contribution in [-0.2, 0) is 7.05 Å². The van der Waals surface area contributed by atoms with Gasteiger partial charge in [0.15, 0.2) is 0 Å². The second kappa shape index (κ2) is 9.51. The molecule has 0 saturated carbocycles. The lowest BCUT2D eigenvalue weighted by Crippen LogP contribution is -2.53. The van der Waals surface area contributed by atoms with E-state index in [4.69, 9.17) is 6.57 Å². The summed E-state index contributed by atoms with van der Waals surface area (Å²) < 4.78 is 42.7. The van der Waals surface area contributed by atoms with Crippen LogP contribution in [0, 0.1) is 17.9 Å². The van der Waals surface area contributed by atoms with E-state index in [1.165, 1.54) is 22.8 Å². The molecule has 2 atom stereocenters. The Balaban J connectivity index is 1.62. The highest BCUT2D eigenvalue weighted by atomic mass is 19.4. The molecule has 0 aliphatic carbocycles. The minimum atomic E-state index is -4.74. The summed E-state index contributed by atoms with van der Waals surface area (Å²) in [7, 11) is 1.57. The summed E-state index contributed by atoms with van der Waals surface area (Å²) in [5.41, 5.74) is 1.77. The van der Waals surface area contributed by atoms with Gasteiger partial charge in [-0.1, -0.05) is 18.7 Å². The number of ether oxygens (including phenoxy) is 1. The summed E-state index contributed by atoms with van der Waals surface area (Å²) in [6, 6.07) is 10.9. The average molecular weight is 496 g/mol. The van der Waals surface area contributed by atoms with Crippen LogP contribution in [-0.4, -0.2) is 46.5 Å². The molecule has 1 aliphatic heterocycles. The van der Waals surface area contributed by atoms with Crippen molar-refractivity contribution in [2.75, 3.05) is 24.5 Å². The van der Waals surface area contributed by atoms with Gasteiger partial charge in [-0.3, -0.25) is 9.69 Å². The van der Waals surface area contributed by atoms with Crippen LogP contribution in [0.5, 0.6) is 5.75 Å². The molecule has 3 aromatic rings. The first-order valence-electron chi connectivity index (χ1n) is 11.2. The fourth-order valence-electron chi connectivity index (χ4n) is 4.74. The summed E-state index contributed by atoms with van der Waals surface area (Å²) in [5.74, 6) is -0.103. The topological polar surface area (TPSA) is 78.8 Å². The van der Waals surface area contributed by atoms with Crippen LogP contribution < -0.4 is 15.2 Å². The van der Waals surface area contributed by atoms with Crippen molar-refractivity contribution in [3.8, 4) is 11.8 Å². The van der Waals surface area contributed by atoms with E-state index in [0.29, 0.717) is 36.4 Å². The minimum absolute atomic E-state index is 0.0189. The maximum absolute atomic E-state index is 12.9. The van der Waals surface area contributed by atoms with Gasteiger partial charge in [-0.25, -0.2) is 0 Å². The predicted molar refractivity (Wildman–Crippen MR) is 128 cm³/mol. The van der Waals surface area contributed by atoms with E-state index in [2.05, 4.69) is 19.5 Å². The van der Waals surface area contributed by atoms with Crippen LogP contribution in [0.15, 0.2) is 41.2 Å². The van der Waals surface area contributed by atoms with Gasteiger partial charge in [0.25, 0.3) is 11.4 Å². The number of piperazine rings is 1. The van der Waals surface area contributed by atoms with Gasteiger partial charge in [-0.2, -0.15) is 5.26 Å². The number of aromatic nitrogens is 2. The fourth-order valence-corrected chi connectivity index (χ4v) is 4.74. The van der Waals surface area contributed by atoms with Crippen molar-refractivity contribution in [2.24, 2.45) is 7.05 Å². The first kappa shape index (κ1) is 25.0. The number of aryl methyl sites for hydroxylation is 1. The fraction of sp³-hybridized carbons (Fsp3) is 0.360. The van der Waals surface area contributed by atoms with E-state index < -0.39 is 11.9 Å². The predicted octanol–water partition coefficient (Wildman–Crippen LogP) is 4.53. The lowest BCUT2D eigenvalue weighted by Gasteiger charge is -2.44. The highest BCUT2D eigenvalue weighted by molar-refractivity contribution is 5.92. The number of nitriles is 1. The van der Waals surface area contributed by atoms with Crippen LogP contribution in [0.25, 0.3) is 15.9 Å². The van der Waals surface area contributed by atoms with Gasteiger partial charge in [-0.05, 0) is 43.7 Å². The molecule has 3 heterocycles. The third-order valence-corrected chi connectivity index (χ3v) is 6.52. The number of hydrogen-bond donors (Lipinski definition) is 0. The van der Waals surface area contributed by atoms with Crippen molar-refractivity contribution >= 4 is 22.5 Å². The number of alkyl halides is 3. The van der Waals surface area contributed by atoms with Crippen molar-refractivity contribution < 1.29 is 17.9 Å². The van der Waals surface area contributed by atoms with Crippen LogP contribution in [0.4, 0.5) is 24.7 Å². The van der Waals surface area contributed by atoms with Gasteiger partial charge < -0.3 is 19.0 Å². The average Bonchev–Trinajstić information content (AvgIpc) is 2.84. The summed E-state index contributed by atoms with van der Waals surface area (Å²) in [6.45, 7) is 12.9. The number of rotatable bonds is 4. The van der Waals surface area contributed by atoms with Crippen molar-refractivity contribution in [1.82, 2.24) is 14.5 Å². The number of fused-ring (bicyclic) bond motifs is 1. The molecular formula is C25H23F3N6O2. The van der Waals surface area contributed by atoms with E-state index in [0.717, 1.165) is 5.56 Å². The van der Waals surface area contributed by atoms with Gasteiger partial charge >= 0.3 is 6.36 Å². The Labute approximate surface area is 205 Å². The molecule has 2 aromatic heterocycles. The second-order valence-electron chi connectivity index (χ2n) is 8.67. The van der Waals surface area contributed by atoms with E-state index in [-0.39, 0.29) is 29.2 Å². The first-order valence-corrected chi connectivity index (χ1v) is 11.2. The zero-order valence-electron chi connectivity index (χ0n) is 19.9. The molecule has 0 spiro atoms. The van der Waals surface area contributed by atoms with E-state index >= 15 is 0 Å². The van der Waals surface area contributed by atoms with Crippen LogP contribution in [0.1, 0.15) is 31.0 Å². The van der Waals surface area contributed by atoms with E-state index in [9.17, 15) is 23.2 Å². The van der Waals surface area contributed by atoms with Gasteiger partial charge in [0.2, 0.25) is 5.52 Å².